The molecule has 0 aliphatic rings. The predicted octanol–water partition coefficient (Wildman–Crippen LogP) is 4.10. The number of nitrogens with one attached hydrogen (secondary N) is 1. The first-order chi connectivity index (χ1) is 10.1. The Kier molecular flexibility index (Phi) is 5.37. The van der Waals surface area contributed by atoms with Crippen LogP contribution in [-0.4, -0.2) is 12.5 Å². The zero-order valence-electron chi connectivity index (χ0n) is 10.8. The van der Waals surface area contributed by atoms with Gasteiger partial charge in [-0.05, 0) is 42.5 Å². The Labute approximate surface area is 139 Å². The topological polar surface area (TPSA) is 62.1 Å². The maximum atomic E-state index is 11.8. The van der Waals surface area contributed by atoms with Crippen molar-refractivity contribution in [3.8, 4) is 11.8 Å². The number of anilines is 1. The molecule has 2 aromatic rings. The van der Waals surface area contributed by atoms with E-state index in [0.29, 0.717) is 17.0 Å². The van der Waals surface area contributed by atoms with Crippen molar-refractivity contribution in [2.75, 3.05) is 11.9 Å². The molecule has 4 nitrogen and oxygen atoms in total. The minimum atomic E-state index is -0.288. The summed E-state index contributed by atoms with van der Waals surface area (Å²) in [6, 6.07) is 14.3. The summed E-state index contributed by atoms with van der Waals surface area (Å²) >= 11 is 6.60. The molecule has 6 heteroatoms. The van der Waals surface area contributed by atoms with Crippen molar-refractivity contribution in [2.45, 2.75) is 0 Å². The second-order valence-corrected chi connectivity index (χ2v) is 5.93. The first kappa shape index (κ1) is 15.5. The lowest BCUT2D eigenvalue weighted by Gasteiger charge is -2.09. The van der Waals surface area contributed by atoms with Gasteiger partial charge in [0.2, 0.25) is 0 Å². The van der Waals surface area contributed by atoms with Crippen LogP contribution >= 0.6 is 31.9 Å². The van der Waals surface area contributed by atoms with Crippen LogP contribution in [0.1, 0.15) is 5.56 Å². The number of rotatable bonds is 4. The van der Waals surface area contributed by atoms with Gasteiger partial charge >= 0.3 is 0 Å². The van der Waals surface area contributed by atoms with Crippen molar-refractivity contribution in [3.05, 3.63) is 57.0 Å². The Morgan fingerprint density at radius 2 is 1.81 bits per heavy atom. The van der Waals surface area contributed by atoms with E-state index in [-0.39, 0.29) is 12.5 Å². The Hall–Kier alpha value is -1.84. The summed E-state index contributed by atoms with van der Waals surface area (Å²) in [5, 5.41) is 11.7. The van der Waals surface area contributed by atoms with Gasteiger partial charge in [-0.3, -0.25) is 4.79 Å². The van der Waals surface area contributed by atoms with E-state index in [1.165, 1.54) is 0 Å². The first-order valence-electron chi connectivity index (χ1n) is 5.96. The molecule has 0 saturated heterocycles. The third-order valence-corrected chi connectivity index (χ3v) is 3.57. The van der Waals surface area contributed by atoms with Crippen LogP contribution in [-0.2, 0) is 4.79 Å². The second-order valence-electron chi connectivity index (χ2n) is 4.10. The maximum absolute atomic E-state index is 11.8. The standard InChI is InChI=1S/C15H10Br2N2O2/c16-11-1-4-13(5-2-11)19-15(20)9-21-14-6-3-12(17)7-10(14)8-18/h1-7H,9H2,(H,19,20). The molecule has 0 unspecified atom stereocenters. The van der Waals surface area contributed by atoms with Crippen LogP contribution in [0.2, 0.25) is 0 Å². The van der Waals surface area contributed by atoms with Crippen molar-refractivity contribution in [2.24, 2.45) is 0 Å². The number of hydrogen-bond acceptors (Lipinski definition) is 3. The highest BCUT2D eigenvalue weighted by atomic mass is 79.9. The summed E-state index contributed by atoms with van der Waals surface area (Å²) < 4.78 is 7.09. The van der Waals surface area contributed by atoms with Gasteiger partial charge in [0.1, 0.15) is 11.8 Å². The van der Waals surface area contributed by atoms with Crippen molar-refractivity contribution >= 4 is 43.5 Å². The second kappa shape index (κ2) is 7.25. The monoisotopic (exact) mass is 408 g/mol. The largest absolute Gasteiger partial charge is 0.482 e. The number of carbonyl (C=O) groups excluding carboxylic acids is 1. The van der Waals surface area contributed by atoms with E-state index < -0.39 is 0 Å². The molecule has 2 aromatic carbocycles. The minimum absolute atomic E-state index is 0.160. The zero-order valence-corrected chi connectivity index (χ0v) is 13.9. The molecule has 0 fully saturated rings. The van der Waals surface area contributed by atoms with E-state index in [4.69, 9.17) is 10.00 Å². The molecular formula is C15H10Br2N2O2. The van der Waals surface area contributed by atoms with Gasteiger partial charge in [0, 0.05) is 14.6 Å². The van der Waals surface area contributed by atoms with E-state index >= 15 is 0 Å². The van der Waals surface area contributed by atoms with E-state index in [2.05, 4.69) is 37.2 Å². The number of ether oxygens (including phenoxy) is 1. The fraction of sp³-hybridized carbons (Fsp3) is 0.0667. The van der Waals surface area contributed by atoms with Crippen molar-refractivity contribution < 1.29 is 9.53 Å². The van der Waals surface area contributed by atoms with Crippen molar-refractivity contribution in [1.29, 1.82) is 5.26 Å². The smallest absolute Gasteiger partial charge is 0.262 e. The predicted molar refractivity (Wildman–Crippen MR) is 87.1 cm³/mol. The van der Waals surface area contributed by atoms with E-state index in [9.17, 15) is 4.79 Å². The van der Waals surface area contributed by atoms with Crippen LogP contribution in [0.15, 0.2) is 51.4 Å². The molecule has 0 radical (unpaired) electrons. The molecular weight excluding hydrogens is 400 g/mol. The molecule has 0 saturated carbocycles. The Bertz CT molecular complexity index is 694. The van der Waals surface area contributed by atoms with Crippen molar-refractivity contribution in [3.63, 3.8) is 0 Å². The number of hydrogen-bond donors (Lipinski definition) is 1. The average molecular weight is 410 g/mol. The molecule has 0 heterocycles. The van der Waals surface area contributed by atoms with Crippen LogP contribution in [0.3, 0.4) is 0 Å². The molecule has 0 aliphatic carbocycles. The molecule has 0 bridgehead atoms. The minimum Gasteiger partial charge on any atom is -0.482 e. The number of carbonyl (C=O) groups is 1. The van der Waals surface area contributed by atoms with Gasteiger partial charge in [0.05, 0.1) is 5.56 Å². The summed E-state index contributed by atoms with van der Waals surface area (Å²) in [5.41, 5.74) is 1.06. The van der Waals surface area contributed by atoms with Gasteiger partial charge in [-0.25, -0.2) is 0 Å². The summed E-state index contributed by atoms with van der Waals surface area (Å²) in [6.45, 7) is -0.160. The number of benzene rings is 2. The summed E-state index contributed by atoms with van der Waals surface area (Å²) in [4.78, 5) is 11.8. The molecule has 0 aromatic heterocycles. The normalized spacial score (nSPS) is 9.76. The summed E-state index contributed by atoms with van der Waals surface area (Å²) in [7, 11) is 0. The maximum Gasteiger partial charge on any atom is 0.262 e. The van der Waals surface area contributed by atoms with Crippen LogP contribution in [0.4, 0.5) is 5.69 Å². The fourth-order valence-electron chi connectivity index (χ4n) is 1.59. The lowest BCUT2D eigenvalue weighted by Crippen LogP contribution is -2.20. The highest BCUT2D eigenvalue weighted by Gasteiger charge is 2.07. The summed E-state index contributed by atoms with van der Waals surface area (Å²) in [5.74, 6) is 0.0933. The number of amides is 1. The Morgan fingerprint density at radius 1 is 1.14 bits per heavy atom. The molecule has 0 spiro atoms. The van der Waals surface area contributed by atoms with Crippen LogP contribution in [0, 0.1) is 11.3 Å². The van der Waals surface area contributed by atoms with Gasteiger partial charge in [-0.1, -0.05) is 31.9 Å². The SMILES string of the molecule is N#Cc1cc(Br)ccc1OCC(=O)Nc1ccc(Br)cc1. The van der Waals surface area contributed by atoms with E-state index in [1.807, 2.05) is 18.2 Å². The lowest BCUT2D eigenvalue weighted by molar-refractivity contribution is -0.118. The molecule has 21 heavy (non-hydrogen) atoms. The molecule has 0 atom stereocenters. The van der Waals surface area contributed by atoms with Crippen LogP contribution in [0.5, 0.6) is 5.75 Å². The van der Waals surface area contributed by atoms with Gasteiger partial charge in [-0.15, -0.1) is 0 Å². The Balaban J connectivity index is 1.95. The van der Waals surface area contributed by atoms with Crippen LogP contribution < -0.4 is 10.1 Å². The highest BCUT2D eigenvalue weighted by Crippen LogP contribution is 2.22. The molecule has 1 amide bonds. The van der Waals surface area contributed by atoms with E-state index in [1.54, 1.807) is 30.3 Å². The van der Waals surface area contributed by atoms with Crippen molar-refractivity contribution in [1.82, 2.24) is 0 Å². The fourth-order valence-corrected chi connectivity index (χ4v) is 2.21. The van der Waals surface area contributed by atoms with Gasteiger partial charge in [-0.2, -0.15) is 5.26 Å². The van der Waals surface area contributed by atoms with Gasteiger partial charge in [0.15, 0.2) is 6.61 Å². The van der Waals surface area contributed by atoms with E-state index in [0.717, 1.165) is 8.95 Å². The Morgan fingerprint density at radius 3 is 2.48 bits per heavy atom. The highest BCUT2D eigenvalue weighted by molar-refractivity contribution is 9.10. The molecule has 0 aliphatic heterocycles. The molecule has 2 rings (SSSR count). The number of halogens is 2. The lowest BCUT2D eigenvalue weighted by atomic mass is 10.2. The zero-order chi connectivity index (χ0) is 15.2. The number of nitriles is 1. The molecule has 1 N–H and O–H groups in total. The molecule has 106 valence electrons. The van der Waals surface area contributed by atoms with Crippen LogP contribution in [0.25, 0.3) is 0 Å². The third kappa shape index (κ3) is 4.59. The summed E-state index contributed by atoms with van der Waals surface area (Å²) in [6.07, 6.45) is 0. The first-order valence-corrected chi connectivity index (χ1v) is 7.55. The number of nitrogens with zero attached hydrogens (tertiary/aromatic N) is 1. The quantitative estimate of drug-likeness (QED) is 0.826. The average Bonchev–Trinajstić information content (AvgIpc) is 2.48. The van der Waals surface area contributed by atoms with Gasteiger partial charge < -0.3 is 10.1 Å². The third-order valence-electron chi connectivity index (χ3n) is 2.55. The van der Waals surface area contributed by atoms with Gasteiger partial charge in [0.25, 0.3) is 5.91 Å².